The number of hydrogen-bond acceptors (Lipinski definition) is 3. The number of ketones is 1. The third-order valence-corrected chi connectivity index (χ3v) is 2.77. The van der Waals surface area contributed by atoms with Gasteiger partial charge < -0.3 is 9.22 Å². The third-order valence-electron chi connectivity index (χ3n) is 2.77. The van der Waals surface area contributed by atoms with E-state index in [2.05, 4.69) is 11.8 Å². The molecule has 0 spiro atoms. The van der Waals surface area contributed by atoms with Crippen LogP contribution in [0.4, 0.5) is 0 Å². The van der Waals surface area contributed by atoms with E-state index >= 15 is 0 Å². The summed E-state index contributed by atoms with van der Waals surface area (Å²) in [5, 5.41) is 0. The Morgan fingerprint density at radius 2 is 1.86 bits per heavy atom. The predicted molar refractivity (Wildman–Crippen MR) is 51.7 cm³/mol. The number of Topliss-reactive ketones (excluding diaryl/α,β-unsaturated/α-hetero) is 1. The molecule has 0 unspecified atom stereocenters. The second-order valence-corrected chi connectivity index (χ2v) is 4.22. The summed E-state index contributed by atoms with van der Waals surface area (Å²) >= 11 is 0. The number of carbonyl (C=O) groups excluding carboxylic acids is 2. The van der Waals surface area contributed by atoms with Crippen LogP contribution in [0.15, 0.2) is 0 Å². The van der Waals surface area contributed by atoms with E-state index in [4.69, 9.17) is 0 Å². The molecule has 0 saturated carbocycles. The van der Waals surface area contributed by atoms with Crippen LogP contribution in [0.5, 0.6) is 0 Å². The molecule has 1 heterocycles. The van der Waals surface area contributed by atoms with Gasteiger partial charge in [-0.25, -0.2) is 0 Å². The second kappa shape index (κ2) is 4.55. The molecule has 0 amide bonds. The monoisotopic (exact) mass is 200 g/mol. The Balaban J connectivity index is 2.36. The lowest BCUT2D eigenvalue weighted by molar-refractivity contribution is -0.889. The van der Waals surface area contributed by atoms with Crippen molar-refractivity contribution in [3.63, 3.8) is 0 Å². The van der Waals surface area contributed by atoms with Crippen LogP contribution in [0.3, 0.4) is 0 Å². The van der Waals surface area contributed by atoms with Gasteiger partial charge in [0.2, 0.25) is 0 Å². The smallest absolute Gasteiger partial charge is 0.313 e. The number of methoxy groups -OCH3 is 1. The molecule has 0 aromatic heterocycles. The number of carbonyl (C=O) groups is 2. The highest BCUT2D eigenvalue weighted by molar-refractivity contribution is 5.96. The number of rotatable bonds is 4. The highest BCUT2D eigenvalue weighted by Crippen LogP contribution is 2.16. The summed E-state index contributed by atoms with van der Waals surface area (Å²) in [6.45, 7) is 2.56. The average molecular weight is 200 g/mol. The molecular formula is C10H18NO3+. The van der Waals surface area contributed by atoms with Gasteiger partial charge in [-0.05, 0) is 0 Å². The van der Waals surface area contributed by atoms with Gasteiger partial charge in [0.05, 0.1) is 27.2 Å². The number of likely N-dealkylation sites (tertiary alicyclic amines) is 1. The maximum Gasteiger partial charge on any atom is 0.313 e. The van der Waals surface area contributed by atoms with Crippen molar-refractivity contribution in [1.29, 1.82) is 0 Å². The average Bonchev–Trinajstić information content (AvgIpc) is 2.51. The fraction of sp³-hybridized carbons (Fsp3) is 0.800. The minimum Gasteiger partial charge on any atom is -0.469 e. The zero-order chi connectivity index (χ0) is 10.6. The summed E-state index contributed by atoms with van der Waals surface area (Å²) in [6.07, 6.45) is 2.29. The van der Waals surface area contributed by atoms with Crippen LogP contribution in [-0.2, 0) is 14.3 Å². The Labute approximate surface area is 84.4 Å². The van der Waals surface area contributed by atoms with Crippen molar-refractivity contribution in [3.05, 3.63) is 0 Å². The summed E-state index contributed by atoms with van der Waals surface area (Å²) in [4.78, 5) is 22.3. The summed E-state index contributed by atoms with van der Waals surface area (Å²) in [5.41, 5.74) is 0. The maximum atomic E-state index is 11.5. The SMILES string of the molecule is COC(=O)CC(=O)C[N+]1(C)CCCC1. The molecule has 1 fully saturated rings. The normalized spacial score (nSPS) is 19.3. The first kappa shape index (κ1) is 11.2. The van der Waals surface area contributed by atoms with Crippen LogP contribution in [-0.4, -0.2) is 50.0 Å². The topological polar surface area (TPSA) is 43.4 Å². The van der Waals surface area contributed by atoms with Gasteiger partial charge in [-0.1, -0.05) is 0 Å². The second-order valence-electron chi connectivity index (χ2n) is 4.22. The van der Waals surface area contributed by atoms with Crippen molar-refractivity contribution in [2.75, 3.05) is 33.8 Å². The van der Waals surface area contributed by atoms with Crippen LogP contribution < -0.4 is 0 Å². The van der Waals surface area contributed by atoms with Gasteiger partial charge in [-0.15, -0.1) is 0 Å². The molecule has 1 aliphatic rings. The first-order valence-electron chi connectivity index (χ1n) is 4.98. The first-order valence-corrected chi connectivity index (χ1v) is 4.98. The molecule has 4 heteroatoms. The van der Waals surface area contributed by atoms with Crippen LogP contribution in [0, 0.1) is 0 Å². The lowest BCUT2D eigenvalue weighted by Gasteiger charge is -2.27. The van der Waals surface area contributed by atoms with Crippen LogP contribution in [0.1, 0.15) is 19.3 Å². The van der Waals surface area contributed by atoms with Crippen molar-refractivity contribution < 1.29 is 18.8 Å². The van der Waals surface area contributed by atoms with Crippen LogP contribution >= 0.6 is 0 Å². The van der Waals surface area contributed by atoms with Gasteiger partial charge in [0.1, 0.15) is 13.0 Å². The highest BCUT2D eigenvalue weighted by atomic mass is 16.5. The number of esters is 1. The molecular weight excluding hydrogens is 182 g/mol. The Bertz CT molecular complexity index is 232. The molecule has 0 N–H and O–H groups in total. The summed E-state index contributed by atoms with van der Waals surface area (Å²) < 4.78 is 5.24. The van der Waals surface area contributed by atoms with E-state index in [0.29, 0.717) is 6.54 Å². The van der Waals surface area contributed by atoms with Crippen LogP contribution in [0.2, 0.25) is 0 Å². The molecule has 1 aliphatic heterocycles. The van der Waals surface area contributed by atoms with Crippen LogP contribution in [0.25, 0.3) is 0 Å². The van der Waals surface area contributed by atoms with E-state index in [1.165, 1.54) is 20.0 Å². The molecule has 0 radical (unpaired) electrons. The summed E-state index contributed by atoms with van der Waals surface area (Å²) in [7, 11) is 3.38. The van der Waals surface area contributed by atoms with Gasteiger partial charge >= 0.3 is 5.97 Å². The molecule has 0 aromatic carbocycles. The quantitative estimate of drug-likeness (QED) is 0.374. The number of quaternary nitrogens is 1. The fourth-order valence-electron chi connectivity index (χ4n) is 1.97. The Kier molecular flexibility index (Phi) is 3.63. The molecule has 80 valence electrons. The highest BCUT2D eigenvalue weighted by Gasteiger charge is 2.30. The fourth-order valence-corrected chi connectivity index (χ4v) is 1.97. The van der Waals surface area contributed by atoms with Gasteiger partial charge in [-0.2, -0.15) is 0 Å². The van der Waals surface area contributed by atoms with Crippen molar-refractivity contribution in [1.82, 2.24) is 0 Å². The van der Waals surface area contributed by atoms with Gasteiger partial charge in [0.15, 0.2) is 5.78 Å². The van der Waals surface area contributed by atoms with Crippen molar-refractivity contribution in [3.8, 4) is 0 Å². The Hall–Kier alpha value is -0.900. The lowest BCUT2D eigenvalue weighted by atomic mass is 10.2. The zero-order valence-electron chi connectivity index (χ0n) is 8.91. The Morgan fingerprint density at radius 1 is 1.29 bits per heavy atom. The summed E-state index contributed by atoms with van der Waals surface area (Å²) in [5.74, 6) is -0.443. The van der Waals surface area contributed by atoms with E-state index in [1.54, 1.807) is 0 Å². The van der Waals surface area contributed by atoms with Gasteiger partial charge in [-0.3, -0.25) is 9.59 Å². The zero-order valence-corrected chi connectivity index (χ0v) is 8.91. The summed E-state index contributed by atoms with van der Waals surface area (Å²) in [6, 6.07) is 0. The molecule has 4 nitrogen and oxygen atoms in total. The number of likely N-dealkylation sites (N-methyl/N-ethyl adjacent to an activating group) is 1. The number of nitrogens with zero attached hydrogens (tertiary/aromatic N) is 1. The molecule has 0 aliphatic carbocycles. The number of ether oxygens (including phenoxy) is 1. The van der Waals surface area contributed by atoms with E-state index in [1.807, 2.05) is 0 Å². The standard InChI is InChI=1S/C10H18NO3/c1-11(5-3-4-6-11)8-9(12)7-10(13)14-2/h3-8H2,1-2H3/q+1. The molecule has 0 aromatic rings. The molecule has 1 rings (SSSR count). The largest absolute Gasteiger partial charge is 0.469 e. The first-order chi connectivity index (χ1) is 6.56. The van der Waals surface area contributed by atoms with Crippen molar-refractivity contribution >= 4 is 11.8 Å². The van der Waals surface area contributed by atoms with Gasteiger partial charge in [0.25, 0.3) is 0 Å². The molecule has 1 saturated heterocycles. The molecule has 14 heavy (non-hydrogen) atoms. The Morgan fingerprint density at radius 3 is 2.36 bits per heavy atom. The van der Waals surface area contributed by atoms with Crippen molar-refractivity contribution in [2.24, 2.45) is 0 Å². The van der Waals surface area contributed by atoms with E-state index in [-0.39, 0.29) is 12.2 Å². The predicted octanol–water partition coefficient (Wildman–Crippen LogP) is 0.359. The molecule has 0 atom stereocenters. The number of hydrogen-bond donors (Lipinski definition) is 0. The lowest BCUT2D eigenvalue weighted by Crippen LogP contribution is -2.45. The van der Waals surface area contributed by atoms with E-state index < -0.39 is 5.97 Å². The van der Waals surface area contributed by atoms with Gasteiger partial charge in [0, 0.05) is 12.8 Å². The van der Waals surface area contributed by atoms with Crippen molar-refractivity contribution in [2.45, 2.75) is 19.3 Å². The third kappa shape index (κ3) is 3.10. The van der Waals surface area contributed by atoms with E-state index in [0.717, 1.165) is 17.6 Å². The van der Waals surface area contributed by atoms with E-state index in [9.17, 15) is 9.59 Å². The molecule has 0 bridgehead atoms. The minimum absolute atomic E-state index is 0.0127. The maximum absolute atomic E-state index is 11.5. The minimum atomic E-state index is -0.430.